The third kappa shape index (κ3) is 5.87. The molecule has 0 saturated carbocycles. The van der Waals surface area contributed by atoms with Crippen LogP contribution in [0.3, 0.4) is 0 Å². The van der Waals surface area contributed by atoms with Crippen LogP contribution < -0.4 is 5.32 Å². The highest BCUT2D eigenvalue weighted by Gasteiger charge is 2.13. The molecule has 1 unspecified atom stereocenters. The number of hydrogen-bond donors (Lipinski definition) is 1. The summed E-state index contributed by atoms with van der Waals surface area (Å²) in [5, 5.41) is 5.03. The van der Waals surface area contributed by atoms with Crippen LogP contribution in [0.4, 0.5) is 0 Å². The van der Waals surface area contributed by atoms with Crippen LogP contribution >= 0.6 is 23.2 Å². The van der Waals surface area contributed by atoms with Gasteiger partial charge in [-0.3, -0.25) is 0 Å². The van der Waals surface area contributed by atoms with E-state index in [2.05, 4.69) is 18.2 Å². The molecule has 1 rings (SSSR count). The van der Waals surface area contributed by atoms with Gasteiger partial charge in [0.15, 0.2) is 0 Å². The molecule has 0 amide bonds. The molecule has 1 nitrogen and oxygen atoms in total. The van der Waals surface area contributed by atoms with Crippen LogP contribution in [0.5, 0.6) is 0 Å². The van der Waals surface area contributed by atoms with E-state index in [4.69, 9.17) is 29.6 Å². The lowest BCUT2D eigenvalue weighted by molar-refractivity contribution is 0.467. The van der Waals surface area contributed by atoms with Crippen molar-refractivity contribution in [3.05, 3.63) is 33.8 Å². The van der Waals surface area contributed by atoms with Crippen LogP contribution in [-0.2, 0) is 6.42 Å². The van der Waals surface area contributed by atoms with Gasteiger partial charge in [0.2, 0.25) is 0 Å². The Labute approximate surface area is 126 Å². The van der Waals surface area contributed by atoms with E-state index in [1.807, 2.05) is 18.2 Å². The average molecular weight is 298 g/mol. The van der Waals surface area contributed by atoms with Crippen molar-refractivity contribution in [2.24, 2.45) is 0 Å². The molecule has 0 aromatic heterocycles. The fourth-order valence-corrected chi connectivity index (χ4v) is 2.60. The quantitative estimate of drug-likeness (QED) is 0.541. The third-order valence-corrected chi connectivity index (χ3v) is 3.78. The first-order valence-corrected chi connectivity index (χ1v) is 7.54. The zero-order chi connectivity index (χ0) is 14.1. The van der Waals surface area contributed by atoms with Crippen molar-refractivity contribution in [2.45, 2.75) is 45.1 Å². The van der Waals surface area contributed by atoms with Crippen molar-refractivity contribution in [1.29, 1.82) is 0 Å². The molecule has 3 heteroatoms. The molecule has 19 heavy (non-hydrogen) atoms. The largest absolute Gasteiger partial charge is 0.314 e. The van der Waals surface area contributed by atoms with Crippen molar-refractivity contribution in [3.63, 3.8) is 0 Å². The summed E-state index contributed by atoms with van der Waals surface area (Å²) in [5.74, 6) is 2.69. The van der Waals surface area contributed by atoms with E-state index >= 15 is 0 Å². The second-order valence-electron chi connectivity index (χ2n) is 4.65. The van der Waals surface area contributed by atoms with E-state index in [9.17, 15) is 0 Å². The second-order valence-corrected chi connectivity index (χ2v) is 5.47. The maximum atomic E-state index is 6.22. The Morgan fingerprint density at radius 2 is 2.00 bits per heavy atom. The summed E-state index contributed by atoms with van der Waals surface area (Å²) in [5.41, 5.74) is 1.03. The number of unbranched alkanes of at least 4 members (excludes halogenated alkanes) is 1. The fraction of sp³-hybridized carbons (Fsp3) is 0.500. The van der Waals surface area contributed by atoms with Gasteiger partial charge in [-0.25, -0.2) is 0 Å². The molecule has 1 atom stereocenters. The predicted molar refractivity (Wildman–Crippen MR) is 84.9 cm³/mol. The van der Waals surface area contributed by atoms with Crippen molar-refractivity contribution in [2.75, 3.05) is 6.54 Å². The molecular formula is C16H21Cl2N. The number of benzene rings is 1. The van der Waals surface area contributed by atoms with Gasteiger partial charge >= 0.3 is 0 Å². The lowest BCUT2D eigenvalue weighted by atomic mass is 10.0. The van der Waals surface area contributed by atoms with Crippen LogP contribution in [0.25, 0.3) is 0 Å². The number of rotatable bonds is 8. The van der Waals surface area contributed by atoms with E-state index in [-0.39, 0.29) is 0 Å². The predicted octanol–water partition coefficient (Wildman–Crippen LogP) is 4.71. The second kappa shape index (κ2) is 9.26. The summed E-state index contributed by atoms with van der Waals surface area (Å²) in [6, 6.07) is 6.04. The highest BCUT2D eigenvalue weighted by Crippen LogP contribution is 2.26. The Bertz CT molecular complexity index is 403. The van der Waals surface area contributed by atoms with Gasteiger partial charge in [-0.15, -0.1) is 12.3 Å². The molecule has 0 bridgehead atoms. The molecule has 0 spiro atoms. The zero-order valence-electron chi connectivity index (χ0n) is 11.4. The monoisotopic (exact) mass is 297 g/mol. The van der Waals surface area contributed by atoms with Crippen molar-refractivity contribution < 1.29 is 0 Å². The van der Waals surface area contributed by atoms with Crippen molar-refractivity contribution in [3.8, 4) is 12.3 Å². The first kappa shape index (κ1) is 16.4. The number of terminal acetylenes is 1. The normalized spacial score (nSPS) is 12.1. The lowest BCUT2D eigenvalue weighted by Crippen LogP contribution is -2.32. The van der Waals surface area contributed by atoms with E-state index in [1.165, 1.54) is 0 Å². The molecule has 1 N–H and O–H groups in total. The van der Waals surface area contributed by atoms with E-state index in [0.717, 1.165) is 54.3 Å². The molecule has 0 saturated heterocycles. The van der Waals surface area contributed by atoms with Gasteiger partial charge in [0.1, 0.15) is 0 Å². The van der Waals surface area contributed by atoms with Gasteiger partial charge in [0.05, 0.1) is 0 Å². The molecule has 0 aliphatic carbocycles. The summed E-state index contributed by atoms with van der Waals surface area (Å²) in [6.45, 7) is 3.16. The number of hydrogen-bond acceptors (Lipinski definition) is 1. The Morgan fingerprint density at radius 1 is 1.32 bits per heavy atom. The summed E-state index contributed by atoms with van der Waals surface area (Å²) < 4.78 is 0. The molecule has 0 heterocycles. The highest BCUT2D eigenvalue weighted by atomic mass is 35.5. The molecule has 1 aromatic rings. The minimum atomic E-state index is 0.380. The van der Waals surface area contributed by atoms with Crippen molar-refractivity contribution in [1.82, 2.24) is 5.32 Å². The third-order valence-electron chi connectivity index (χ3n) is 3.07. The highest BCUT2D eigenvalue weighted by molar-refractivity contribution is 6.35. The lowest BCUT2D eigenvalue weighted by Gasteiger charge is -2.19. The Morgan fingerprint density at radius 3 is 2.58 bits per heavy atom. The molecule has 0 aliphatic heterocycles. The standard InChI is InChI=1S/C16H21Cl2N/c1-3-5-6-8-13(19-11-4-2)12-14-15(17)9-7-10-16(14)18/h1,7,9-10,13,19H,4-6,8,11-12H2,2H3. The Balaban J connectivity index is 2.67. The molecule has 0 aliphatic rings. The van der Waals surface area contributed by atoms with Crippen LogP contribution in [0, 0.1) is 12.3 Å². The SMILES string of the molecule is C#CCCCC(Cc1c(Cl)cccc1Cl)NCCC. The minimum Gasteiger partial charge on any atom is -0.314 e. The molecule has 104 valence electrons. The molecule has 1 aromatic carbocycles. The summed E-state index contributed by atoms with van der Waals surface area (Å²) in [6.07, 6.45) is 10.2. The van der Waals surface area contributed by atoms with Crippen LogP contribution in [0.2, 0.25) is 10.0 Å². The van der Waals surface area contributed by atoms with Crippen LogP contribution in [-0.4, -0.2) is 12.6 Å². The van der Waals surface area contributed by atoms with Gasteiger partial charge in [-0.2, -0.15) is 0 Å². The summed E-state index contributed by atoms with van der Waals surface area (Å²) in [7, 11) is 0. The minimum absolute atomic E-state index is 0.380. The Kier molecular flexibility index (Phi) is 7.98. The van der Waals surface area contributed by atoms with E-state index in [0.29, 0.717) is 6.04 Å². The van der Waals surface area contributed by atoms with Gasteiger partial charge in [-0.05, 0) is 49.9 Å². The van der Waals surface area contributed by atoms with Crippen LogP contribution in [0.15, 0.2) is 18.2 Å². The fourth-order valence-electron chi connectivity index (χ4n) is 2.05. The van der Waals surface area contributed by atoms with Gasteiger partial charge in [0, 0.05) is 22.5 Å². The Hall–Kier alpha value is -0.680. The van der Waals surface area contributed by atoms with Gasteiger partial charge in [0.25, 0.3) is 0 Å². The molecule has 0 fully saturated rings. The summed E-state index contributed by atoms with van der Waals surface area (Å²) in [4.78, 5) is 0. The van der Waals surface area contributed by atoms with Gasteiger partial charge in [-0.1, -0.05) is 36.2 Å². The van der Waals surface area contributed by atoms with E-state index < -0.39 is 0 Å². The number of nitrogens with one attached hydrogen (secondary N) is 1. The molecule has 0 radical (unpaired) electrons. The first-order valence-electron chi connectivity index (χ1n) is 6.78. The maximum Gasteiger partial charge on any atom is 0.0453 e. The van der Waals surface area contributed by atoms with E-state index in [1.54, 1.807) is 0 Å². The van der Waals surface area contributed by atoms with Gasteiger partial charge < -0.3 is 5.32 Å². The smallest absolute Gasteiger partial charge is 0.0453 e. The average Bonchev–Trinajstić information content (AvgIpc) is 2.39. The zero-order valence-corrected chi connectivity index (χ0v) is 12.9. The molecular weight excluding hydrogens is 277 g/mol. The van der Waals surface area contributed by atoms with Crippen LogP contribution in [0.1, 0.15) is 38.2 Å². The topological polar surface area (TPSA) is 12.0 Å². The summed E-state index contributed by atoms with van der Waals surface area (Å²) >= 11 is 12.4. The maximum absolute atomic E-state index is 6.22. The number of halogens is 2. The van der Waals surface area contributed by atoms with Crippen molar-refractivity contribution >= 4 is 23.2 Å². The first-order chi connectivity index (χ1) is 9.19.